The number of nitrogens with zero attached hydrogens (tertiary/aromatic N) is 4. The van der Waals surface area contributed by atoms with Gasteiger partial charge in [0.1, 0.15) is 0 Å². The SMILES string of the molecule is CN(C)CCCn1c(-c2ccc(S(=O)(=O)N3CCOCC3)cc2)csc1=Nc1ccccc1. The third-order valence-corrected chi connectivity index (χ3v) is 8.30. The number of hydrogen-bond donors (Lipinski definition) is 0. The van der Waals surface area contributed by atoms with Crippen LogP contribution in [-0.2, 0) is 21.3 Å². The number of hydrogen-bond acceptors (Lipinski definition) is 6. The lowest BCUT2D eigenvalue weighted by atomic mass is 10.2. The lowest BCUT2D eigenvalue weighted by Gasteiger charge is -2.26. The summed E-state index contributed by atoms with van der Waals surface area (Å²) in [5.74, 6) is 0. The lowest BCUT2D eigenvalue weighted by Crippen LogP contribution is -2.40. The molecule has 1 fully saturated rings. The first-order valence-electron chi connectivity index (χ1n) is 11.1. The quantitative estimate of drug-likeness (QED) is 0.489. The second-order valence-corrected chi connectivity index (χ2v) is 11.0. The molecule has 0 aliphatic carbocycles. The zero-order valence-corrected chi connectivity index (χ0v) is 20.7. The summed E-state index contributed by atoms with van der Waals surface area (Å²) < 4.78 is 34.9. The predicted octanol–water partition coefficient (Wildman–Crippen LogP) is 3.42. The van der Waals surface area contributed by atoms with Gasteiger partial charge in [-0.25, -0.2) is 13.4 Å². The molecule has 0 unspecified atom stereocenters. The van der Waals surface area contributed by atoms with Crippen molar-refractivity contribution in [1.29, 1.82) is 0 Å². The summed E-state index contributed by atoms with van der Waals surface area (Å²) in [6.07, 6.45) is 0.988. The molecule has 1 aliphatic heterocycles. The van der Waals surface area contributed by atoms with Crippen LogP contribution in [0.3, 0.4) is 0 Å². The molecule has 1 aromatic heterocycles. The molecule has 0 atom stereocenters. The van der Waals surface area contributed by atoms with E-state index in [1.807, 2.05) is 42.5 Å². The van der Waals surface area contributed by atoms with E-state index in [0.29, 0.717) is 31.2 Å². The van der Waals surface area contributed by atoms with Gasteiger partial charge in [0.2, 0.25) is 10.0 Å². The van der Waals surface area contributed by atoms with Gasteiger partial charge in [-0.1, -0.05) is 30.3 Å². The van der Waals surface area contributed by atoms with Crippen LogP contribution in [-0.4, -0.2) is 69.1 Å². The Morgan fingerprint density at radius 2 is 1.73 bits per heavy atom. The van der Waals surface area contributed by atoms with Gasteiger partial charge >= 0.3 is 0 Å². The minimum atomic E-state index is -3.51. The van der Waals surface area contributed by atoms with Crippen molar-refractivity contribution in [3.8, 4) is 11.3 Å². The Morgan fingerprint density at radius 3 is 2.39 bits per heavy atom. The third kappa shape index (κ3) is 5.80. The first-order valence-corrected chi connectivity index (χ1v) is 13.4. The van der Waals surface area contributed by atoms with Gasteiger partial charge < -0.3 is 14.2 Å². The minimum Gasteiger partial charge on any atom is -0.379 e. The van der Waals surface area contributed by atoms with Gasteiger partial charge in [-0.3, -0.25) is 0 Å². The van der Waals surface area contributed by atoms with Crippen molar-refractivity contribution >= 4 is 27.0 Å². The molecule has 1 aliphatic rings. The van der Waals surface area contributed by atoms with Gasteiger partial charge in [0, 0.05) is 25.0 Å². The molecule has 0 amide bonds. The standard InChI is InChI=1S/C24H30N4O3S2/c1-26(2)13-6-14-28-23(19-32-24(28)25-21-7-4-3-5-8-21)20-9-11-22(12-10-20)33(29,30)27-15-17-31-18-16-27/h3-5,7-12,19H,6,13-18H2,1-2H3. The third-order valence-electron chi connectivity index (χ3n) is 5.52. The largest absolute Gasteiger partial charge is 0.379 e. The van der Waals surface area contributed by atoms with Crippen molar-refractivity contribution < 1.29 is 13.2 Å². The Labute approximate surface area is 199 Å². The average molecular weight is 487 g/mol. The van der Waals surface area contributed by atoms with Gasteiger partial charge in [-0.15, -0.1) is 11.3 Å². The summed E-state index contributed by atoms with van der Waals surface area (Å²) in [5.41, 5.74) is 2.94. The molecule has 9 heteroatoms. The van der Waals surface area contributed by atoms with Crippen LogP contribution in [0.2, 0.25) is 0 Å². The number of ether oxygens (including phenoxy) is 1. The van der Waals surface area contributed by atoms with Crippen molar-refractivity contribution in [3.05, 3.63) is 64.8 Å². The highest BCUT2D eigenvalue weighted by molar-refractivity contribution is 7.89. The van der Waals surface area contributed by atoms with Gasteiger partial charge in [-0.2, -0.15) is 4.31 Å². The van der Waals surface area contributed by atoms with Crippen LogP contribution in [0.15, 0.2) is 69.9 Å². The molecular weight excluding hydrogens is 456 g/mol. The highest BCUT2D eigenvalue weighted by atomic mass is 32.2. The highest BCUT2D eigenvalue weighted by Gasteiger charge is 2.26. The van der Waals surface area contributed by atoms with E-state index in [-0.39, 0.29) is 0 Å². The molecule has 3 aromatic rings. The zero-order valence-electron chi connectivity index (χ0n) is 19.1. The molecule has 7 nitrogen and oxygen atoms in total. The highest BCUT2D eigenvalue weighted by Crippen LogP contribution is 2.25. The Hall–Kier alpha value is -2.30. The van der Waals surface area contributed by atoms with Gasteiger partial charge in [-0.05, 0) is 56.9 Å². The smallest absolute Gasteiger partial charge is 0.243 e. The van der Waals surface area contributed by atoms with Crippen LogP contribution in [0.5, 0.6) is 0 Å². The maximum absolute atomic E-state index is 13.0. The molecule has 0 radical (unpaired) electrons. The normalized spacial score (nSPS) is 15.9. The van der Waals surface area contributed by atoms with Crippen molar-refractivity contribution in [1.82, 2.24) is 13.8 Å². The summed E-state index contributed by atoms with van der Waals surface area (Å²) in [5, 5.41) is 2.10. The first-order chi connectivity index (χ1) is 15.9. The van der Waals surface area contributed by atoms with Crippen molar-refractivity contribution in [3.63, 3.8) is 0 Å². The molecule has 0 N–H and O–H groups in total. The minimum absolute atomic E-state index is 0.316. The number of sulfonamides is 1. The van der Waals surface area contributed by atoms with Crippen LogP contribution in [0.25, 0.3) is 11.3 Å². The summed E-state index contributed by atoms with van der Waals surface area (Å²) in [7, 11) is 0.638. The Bertz CT molecular complexity index is 1210. The summed E-state index contributed by atoms with van der Waals surface area (Å²) in [6.45, 7) is 3.47. The predicted molar refractivity (Wildman–Crippen MR) is 132 cm³/mol. The number of aromatic nitrogens is 1. The summed E-state index contributed by atoms with van der Waals surface area (Å²) in [6, 6.07) is 17.1. The van der Waals surface area contributed by atoms with Crippen LogP contribution in [0.4, 0.5) is 5.69 Å². The Balaban J connectivity index is 1.65. The fourth-order valence-corrected chi connectivity index (χ4v) is 6.12. The number of rotatable bonds is 8. The molecule has 0 spiro atoms. The van der Waals surface area contributed by atoms with Crippen LogP contribution < -0.4 is 4.80 Å². The monoisotopic (exact) mass is 486 g/mol. The molecule has 1 saturated heterocycles. The zero-order chi connectivity index (χ0) is 23.3. The van der Waals surface area contributed by atoms with E-state index in [4.69, 9.17) is 9.73 Å². The topological polar surface area (TPSA) is 67.1 Å². The Kier molecular flexibility index (Phi) is 7.77. The van der Waals surface area contributed by atoms with Gasteiger partial charge in [0.05, 0.1) is 29.5 Å². The fourth-order valence-electron chi connectivity index (χ4n) is 3.76. The van der Waals surface area contributed by atoms with E-state index in [1.165, 1.54) is 4.31 Å². The molecular formula is C24H30N4O3S2. The van der Waals surface area contributed by atoms with Gasteiger partial charge in [0.25, 0.3) is 0 Å². The fraction of sp³-hybridized carbons (Fsp3) is 0.375. The van der Waals surface area contributed by atoms with Crippen molar-refractivity contribution in [2.75, 3.05) is 46.9 Å². The second kappa shape index (κ2) is 10.8. The number of benzene rings is 2. The van der Waals surface area contributed by atoms with E-state index in [1.54, 1.807) is 23.5 Å². The number of morpholine rings is 1. The van der Waals surface area contributed by atoms with E-state index in [2.05, 4.69) is 28.9 Å². The Morgan fingerprint density at radius 1 is 1.03 bits per heavy atom. The van der Waals surface area contributed by atoms with E-state index in [9.17, 15) is 8.42 Å². The van der Waals surface area contributed by atoms with E-state index in [0.717, 1.165) is 41.3 Å². The van der Waals surface area contributed by atoms with E-state index >= 15 is 0 Å². The molecule has 2 aromatic carbocycles. The molecule has 33 heavy (non-hydrogen) atoms. The van der Waals surface area contributed by atoms with Gasteiger partial charge in [0.15, 0.2) is 4.80 Å². The summed E-state index contributed by atoms with van der Waals surface area (Å²) in [4.78, 5) is 8.28. The molecule has 176 valence electrons. The van der Waals surface area contributed by atoms with Crippen molar-refractivity contribution in [2.24, 2.45) is 4.99 Å². The molecule has 0 bridgehead atoms. The van der Waals surface area contributed by atoms with Crippen LogP contribution in [0.1, 0.15) is 6.42 Å². The molecule has 4 rings (SSSR count). The maximum atomic E-state index is 13.0. The van der Waals surface area contributed by atoms with Crippen LogP contribution >= 0.6 is 11.3 Å². The number of thiazole rings is 1. The maximum Gasteiger partial charge on any atom is 0.243 e. The molecule has 2 heterocycles. The average Bonchev–Trinajstić information content (AvgIpc) is 3.22. The number of para-hydroxylation sites is 1. The summed E-state index contributed by atoms with van der Waals surface area (Å²) >= 11 is 1.60. The van der Waals surface area contributed by atoms with E-state index < -0.39 is 10.0 Å². The first kappa shape index (κ1) is 23.8. The second-order valence-electron chi connectivity index (χ2n) is 8.20. The lowest BCUT2D eigenvalue weighted by molar-refractivity contribution is 0.0730. The van der Waals surface area contributed by atoms with Crippen LogP contribution in [0, 0.1) is 0 Å². The molecule has 0 saturated carbocycles. The van der Waals surface area contributed by atoms with Crippen molar-refractivity contribution in [2.45, 2.75) is 17.9 Å².